The topological polar surface area (TPSA) is 18.5 Å². The number of halogens is 34. The standard InChI is InChI=1S/C27H18F34O2/c1-5-13(4,8(18(32,33)34)9(14(28,20(38,39)40)21(41,42)43)15(29,22(44,45)46)23(47,48)49)62-7-6-12(2,3)63-11(19(35,36)37)10(16(30,24(50,51)52)25(53,54)55)17(31,26(56,57)58)27(59,60)61/h5-7H2,1-4H3. The molecule has 0 N–H and O–H groups in total. The van der Waals surface area contributed by atoms with Crippen molar-refractivity contribution in [1.82, 2.24) is 0 Å². The van der Waals surface area contributed by atoms with Crippen LogP contribution in [0.15, 0.2) is 22.5 Å². The van der Waals surface area contributed by atoms with Crippen LogP contribution in [-0.4, -0.2) is 102 Å². The first-order chi connectivity index (χ1) is 26.7. The molecule has 0 aliphatic heterocycles. The largest absolute Gasteiger partial charge is 0.483 e. The van der Waals surface area contributed by atoms with Crippen LogP contribution in [0.3, 0.4) is 0 Å². The van der Waals surface area contributed by atoms with Crippen LogP contribution in [0.4, 0.5) is 149 Å². The molecule has 0 rings (SSSR count). The summed E-state index contributed by atoms with van der Waals surface area (Å²) < 4.78 is 479. The van der Waals surface area contributed by atoms with Crippen LogP contribution in [0.1, 0.15) is 40.5 Å². The molecule has 0 aliphatic carbocycles. The lowest BCUT2D eigenvalue weighted by molar-refractivity contribution is -0.368. The first kappa shape index (κ1) is 59.9. The molecule has 36 heteroatoms. The fourth-order valence-electron chi connectivity index (χ4n) is 5.07. The summed E-state index contributed by atoms with van der Waals surface area (Å²) in [5.41, 5.74) is -61.6. The Bertz CT molecular complexity index is 1520. The lowest BCUT2D eigenvalue weighted by atomic mass is 9.73. The molecule has 0 saturated carbocycles. The highest BCUT2D eigenvalue weighted by molar-refractivity contribution is 5.46. The molecule has 1 atom stereocenters. The monoisotopic (exact) mass is 1020 g/mol. The van der Waals surface area contributed by atoms with Crippen molar-refractivity contribution < 1.29 is 159 Å². The Balaban J connectivity index is 8.83. The molecule has 0 aromatic rings. The second kappa shape index (κ2) is 16.3. The Hall–Kier alpha value is -3.14. The fraction of sp³-hybridized carbons (Fsp3) is 0.852. The van der Waals surface area contributed by atoms with E-state index in [-0.39, 0.29) is 6.92 Å². The van der Waals surface area contributed by atoms with Crippen LogP contribution in [0, 0.1) is 0 Å². The van der Waals surface area contributed by atoms with Crippen molar-refractivity contribution >= 4 is 0 Å². The van der Waals surface area contributed by atoms with Gasteiger partial charge >= 0.3 is 84.4 Å². The maximum Gasteiger partial charge on any atom is 0.449 e. The van der Waals surface area contributed by atoms with Gasteiger partial charge in [-0.15, -0.1) is 0 Å². The predicted molar refractivity (Wildman–Crippen MR) is 134 cm³/mol. The van der Waals surface area contributed by atoms with Crippen LogP contribution < -0.4 is 0 Å². The summed E-state index contributed by atoms with van der Waals surface area (Å²) in [5.74, 6) is -5.26. The summed E-state index contributed by atoms with van der Waals surface area (Å²) in [4.78, 5) is 0. The van der Waals surface area contributed by atoms with Gasteiger partial charge in [-0.05, 0) is 27.2 Å². The van der Waals surface area contributed by atoms with Crippen LogP contribution in [0.25, 0.3) is 0 Å². The Kier molecular flexibility index (Phi) is 15.5. The molecule has 0 spiro atoms. The zero-order valence-corrected chi connectivity index (χ0v) is 29.8. The van der Waals surface area contributed by atoms with E-state index in [1.54, 1.807) is 0 Å². The Morgan fingerprint density at radius 2 is 0.571 bits per heavy atom. The molecule has 0 aromatic heterocycles. The summed E-state index contributed by atoms with van der Waals surface area (Å²) in [5, 5.41) is 0. The Labute approximate surface area is 325 Å². The van der Waals surface area contributed by atoms with Gasteiger partial charge < -0.3 is 9.47 Å². The van der Waals surface area contributed by atoms with E-state index in [1.165, 1.54) is 0 Å². The van der Waals surface area contributed by atoms with Gasteiger partial charge in [0.05, 0.1) is 28.9 Å². The number of hydrogen-bond acceptors (Lipinski definition) is 2. The van der Waals surface area contributed by atoms with Gasteiger partial charge in [-0.25, -0.2) is 17.6 Å². The zero-order chi connectivity index (χ0) is 51.8. The number of hydrogen-bond donors (Lipinski definition) is 0. The number of alkyl halides is 34. The third-order valence-electron chi connectivity index (χ3n) is 8.23. The highest BCUT2D eigenvalue weighted by Crippen LogP contribution is 2.66. The van der Waals surface area contributed by atoms with Crippen molar-refractivity contribution in [3.63, 3.8) is 0 Å². The molecule has 0 saturated heterocycles. The lowest BCUT2D eigenvalue weighted by Gasteiger charge is -2.45. The van der Waals surface area contributed by atoms with Gasteiger partial charge in [0.2, 0.25) is 5.76 Å². The molecule has 0 heterocycles. The van der Waals surface area contributed by atoms with Gasteiger partial charge in [-0.1, -0.05) is 6.92 Å². The second-order valence-electron chi connectivity index (χ2n) is 13.1. The maximum absolute atomic E-state index is 15.2. The van der Waals surface area contributed by atoms with Gasteiger partial charge in [-0.2, -0.15) is 132 Å². The minimum atomic E-state index is -8.83. The van der Waals surface area contributed by atoms with Crippen molar-refractivity contribution in [2.24, 2.45) is 0 Å². The SMILES string of the molecule is CCC(C)(OCCC(C)(C)OC(=C(C(F)(C(F)(F)F)C(F)(F)F)C(F)(C(F)(F)F)C(F)(F)F)C(F)(F)F)C(=C(C(F)(C(F)(F)F)C(F)(F)F)C(F)(C(F)(F)F)C(F)(F)F)C(F)(F)F. The molecule has 376 valence electrons. The van der Waals surface area contributed by atoms with Crippen molar-refractivity contribution in [2.45, 2.75) is 136 Å². The normalized spacial score (nSPS) is 16.8. The van der Waals surface area contributed by atoms with Gasteiger partial charge in [0.1, 0.15) is 5.60 Å². The Morgan fingerprint density at radius 1 is 0.333 bits per heavy atom. The summed E-state index contributed by atoms with van der Waals surface area (Å²) in [7, 11) is 0. The summed E-state index contributed by atoms with van der Waals surface area (Å²) in [6.45, 7) is -4.75. The predicted octanol–water partition coefficient (Wildman–Crippen LogP) is 14.4. The van der Waals surface area contributed by atoms with E-state index >= 15 is 8.78 Å². The highest BCUT2D eigenvalue weighted by atomic mass is 19.5. The van der Waals surface area contributed by atoms with Crippen LogP contribution in [-0.2, 0) is 9.47 Å². The van der Waals surface area contributed by atoms with E-state index < -0.39 is 158 Å². The highest BCUT2D eigenvalue weighted by Gasteiger charge is 2.89. The quantitative estimate of drug-likeness (QED) is 0.110. The van der Waals surface area contributed by atoms with Gasteiger partial charge in [-0.3, -0.25) is 0 Å². The van der Waals surface area contributed by atoms with Crippen molar-refractivity contribution in [2.75, 3.05) is 6.61 Å². The summed E-state index contributed by atoms with van der Waals surface area (Å²) >= 11 is 0. The smallest absolute Gasteiger partial charge is 0.449 e. The van der Waals surface area contributed by atoms with Crippen LogP contribution in [0.2, 0.25) is 0 Å². The summed E-state index contributed by atoms with van der Waals surface area (Å²) in [6, 6.07) is 0. The lowest BCUT2D eigenvalue weighted by Crippen LogP contribution is -2.67. The molecule has 2 nitrogen and oxygen atoms in total. The third-order valence-corrected chi connectivity index (χ3v) is 8.23. The van der Waals surface area contributed by atoms with Crippen LogP contribution in [0.5, 0.6) is 0 Å². The molecule has 0 radical (unpaired) electrons. The maximum atomic E-state index is 15.2. The average molecular weight is 1020 g/mol. The van der Waals surface area contributed by atoms with E-state index in [2.05, 4.69) is 9.47 Å². The van der Waals surface area contributed by atoms with Crippen molar-refractivity contribution in [3.05, 3.63) is 22.5 Å². The molecule has 0 fully saturated rings. The number of rotatable bonds is 12. The first-order valence-electron chi connectivity index (χ1n) is 15.0. The van der Waals surface area contributed by atoms with E-state index in [9.17, 15) is 140 Å². The van der Waals surface area contributed by atoms with E-state index in [1.807, 2.05) is 0 Å². The van der Waals surface area contributed by atoms with Gasteiger partial charge in [0, 0.05) is 6.42 Å². The average Bonchev–Trinajstić information content (AvgIpc) is 2.96. The van der Waals surface area contributed by atoms with Crippen molar-refractivity contribution in [3.8, 4) is 0 Å². The minimum absolute atomic E-state index is 0.172. The van der Waals surface area contributed by atoms with E-state index in [0.717, 1.165) is 0 Å². The summed E-state index contributed by atoms with van der Waals surface area (Å²) in [6.07, 6.45) is -89.3. The molecule has 0 aliphatic rings. The molecule has 1 unspecified atom stereocenters. The minimum Gasteiger partial charge on any atom is -0.483 e. The van der Waals surface area contributed by atoms with Crippen molar-refractivity contribution in [1.29, 1.82) is 0 Å². The number of ether oxygens (including phenoxy) is 2. The van der Waals surface area contributed by atoms with Crippen LogP contribution >= 0.6 is 0 Å². The molecule has 63 heavy (non-hydrogen) atoms. The van der Waals surface area contributed by atoms with E-state index in [0.29, 0.717) is 0 Å². The van der Waals surface area contributed by atoms with Gasteiger partial charge in [0.15, 0.2) is 0 Å². The molecule has 0 aromatic carbocycles. The second-order valence-corrected chi connectivity index (χ2v) is 13.1. The number of allylic oxidation sites excluding steroid dienone is 3. The van der Waals surface area contributed by atoms with Gasteiger partial charge in [0.25, 0.3) is 0 Å². The molecular weight excluding hydrogens is 1000 g/mol. The molecule has 0 amide bonds. The Morgan fingerprint density at radius 3 is 0.762 bits per heavy atom. The third kappa shape index (κ3) is 10.5. The van der Waals surface area contributed by atoms with E-state index in [4.69, 9.17) is 0 Å². The molecule has 0 bridgehead atoms. The first-order valence-corrected chi connectivity index (χ1v) is 15.0. The zero-order valence-electron chi connectivity index (χ0n) is 29.8. The molecular formula is C27H18F34O2. The fourth-order valence-corrected chi connectivity index (χ4v) is 5.07.